The number of aryl methyl sites for hydroxylation is 1. The molecule has 0 unspecified atom stereocenters. The number of hydrogen-bond donors (Lipinski definition) is 0. The quantitative estimate of drug-likeness (QED) is 0.664. The van der Waals surface area contributed by atoms with Crippen LogP contribution in [0.5, 0.6) is 0 Å². The van der Waals surface area contributed by atoms with E-state index in [1.807, 2.05) is 6.92 Å². The first-order valence-corrected chi connectivity index (χ1v) is 3.81. The minimum atomic E-state index is 0.410. The number of thiazole rings is 1. The summed E-state index contributed by atoms with van der Waals surface area (Å²) < 4.78 is 0.542. The van der Waals surface area contributed by atoms with Gasteiger partial charge in [0.15, 0.2) is 5.00 Å². The lowest BCUT2D eigenvalue weighted by atomic mass is 10.8. The molecule has 3 nitrogen and oxygen atoms in total. The zero-order valence-electron chi connectivity index (χ0n) is 4.59. The van der Waals surface area contributed by atoms with Crippen molar-refractivity contribution >= 4 is 32.3 Å². The van der Waals surface area contributed by atoms with Crippen molar-refractivity contribution in [2.24, 2.45) is 5.18 Å². The molecule has 0 bridgehead atoms. The molecule has 0 aliphatic rings. The molecule has 0 aliphatic heterocycles. The number of aromatic nitrogens is 1. The summed E-state index contributed by atoms with van der Waals surface area (Å²) in [6.45, 7) is 1.82. The molecule has 5 heteroatoms. The Balaban J connectivity index is 3.15. The van der Waals surface area contributed by atoms with Gasteiger partial charge in [0, 0.05) is 0 Å². The Kier molecular flexibility index (Phi) is 1.92. The van der Waals surface area contributed by atoms with Gasteiger partial charge >= 0.3 is 0 Å². The molecule has 0 saturated heterocycles. The van der Waals surface area contributed by atoms with E-state index in [1.165, 1.54) is 11.3 Å². The molecular weight excluding hydrogens is 204 g/mol. The van der Waals surface area contributed by atoms with Gasteiger partial charge < -0.3 is 0 Å². The van der Waals surface area contributed by atoms with Crippen LogP contribution in [0.15, 0.2) is 9.78 Å². The molecule has 0 spiro atoms. The second kappa shape index (κ2) is 2.53. The zero-order valence-corrected chi connectivity index (χ0v) is 6.99. The fraction of sp³-hybridized carbons (Fsp3) is 0.250. The van der Waals surface area contributed by atoms with Crippen molar-refractivity contribution in [1.29, 1.82) is 0 Å². The minimum absolute atomic E-state index is 0.410. The Hall–Kier alpha value is -0.290. The topological polar surface area (TPSA) is 42.3 Å². The minimum Gasteiger partial charge on any atom is -0.232 e. The molecule has 9 heavy (non-hydrogen) atoms. The van der Waals surface area contributed by atoms with Crippen molar-refractivity contribution in [3.05, 3.63) is 14.5 Å². The van der Waals surface area contributed by atoms with Crippen molar-refractivity contribution in [3.63, 3.8) is 0 Å². The second-order valence-corrected chi connectivity index (χ2v) is 3.35. The van der Waals surface area contributed by atoms with Gasteiger partial charge in [-0.3, -0.25) is 0 Å². The summed E-state index contributed by atoms with van der Waals surface area (Å²) in [4.78, 5) is 13.9. The fourth-order valence-corrected chi connectivity index (χ4v) is 1.73. The van der Waals surface area contributed by atoms with E-state index in [2.05, 4.69) is 26.1 Å². The third kappa shape index (κ3) is 1.34. The highest BCUT2D eigenvalue weighted by atomic mass is 79.9. The maximum absolute atomic E-state index is 9.93. The highest BCUT2D eigenvalue weighted by Crippen LogP contribution is 2.30. The molecule has 0 fully saturated rings. The molecule has 0 atom stereocenters. The summed E-state index contributed by atoms with van der Waals surface area (Å²) >= 11 is 4.36. The van der Waals surface area contributed by atoms with Crippen LogP contribution in [0.4, 0.5) is 5.00 Å². The smallest absolute Gasteiger partial charge is 0.195 e. The third-order valence-corrected chi connectivity index (χ3v) is 2.42. The second-order valence-electron chi connectivity index (χ2n) is 1.42. The maximum atomic E-state index is 9.93. The van der Waals surface area contributed by atoms with Crippen LogP contribution >= 0.6 is 27.3 Å². The SMILES string of the molecule is Cc1nc(Br)c(N=O)s1. The lowest BCUT2D eigenvalue weighted by Crippen LogP contribution is -1.62. The van der Waals surface area contributed by atoms with E-state index in [1.54, 1.807) is 0 Å². The molecule has 0 radical (unpaired) electrons. The zero-order chi connectivity index (χ0) is 6.85. The van der Waals surface area contributed by atoms with Crippen molar-refractivity contribution in [2.75, 3.05) is 0 Å². The Morgan fingerprint density at radius 1 is 1.78 bits per heavy atom. The van der Waals surface area contributed by atoms with Crippen LogP contribution in [0.3, 0.4) is 0 Å². The molecule has 1 aromatic rings. The number of rotatable bonds is 1. The molecule has 0 aromatic carbocycles. The van der Waals surface area contributed by atoms with Crippen LogP contribution in [-0.2, 0) is 0 Å². The Morgan fingerprint density at radius 2 is 2.44 bits per heavy atom. The van der Waals surface area contributed by atoms with Crippen LogP contribution in [0.1, 0.15) is 5.01 Å². The van der Waals surface area contributed by atoms with E-state index in [-0.39, 0.29) is 0 Å². The Labute approximate surface area is 64.2 Å². The molecule has 1 rings (SSSR count). The molecule has 48 valence electrons. The number of nitroso groups, excluding NO2 is 1. The Morgan fingerprint density at radius 3 is 2.67 bits per heavy atom. The van der Waals surface area contributed by atoms with Crippen LogP contribution in [0.25, 0.3) is 0 Å². The maximum Gasteiger partial charge on any atom is 0.195 e. The highest BCUT2D eigenvalue weighted by molar-refractivity contribution is 9.10. The lowest BCUT2D eigenvalue weighted by Gasteiger charge is -1.73. The van der Waals surface area contributed by atoms with Gasteiger partial charge in [0.05, 0.1) is 5.01 Å². The number of halogens is 1. The molecule has 1 aromatic heterocycles. The van der Waals surface area contributed by atoms with E-state index in [4.69, 9.17) is 0 Å². The average Bonchev–Trinajstić information content (AvgIpc) is 2.10. The molecular formula is C4H3BrN2OS. The fourth-order valence-electron chi connectivity index (χ4n) is 0.447. The largest absolute Gasteiger partial charge is 0.232 e. The van der Waals surface area contributed by atoms with Gasteiger partial charge in [0.1, 0.15) is 4.60 Å². The van der Waals surface area contributed by atoms with Gasteiger partial charge in [0.2, 0.25) is 0 Å². The van der Waals surface area contributed by atoms with Gasteiger partial charge in [0.25, 0.3) is 0 Å². The number of hydrogen-bond acceptors (Lipinski definition) is 4. The van der Waals surface area contributed by atoms with E-state index < -0.39 is 0 Å². The summed E-state index contributed by atoms with van der Waals surface area (Å²) in [6.07, 6.45) is 0. The van der Waals surface area contributed by atoms with Gasteiger partial charge in [-0.05, 0) is 28.0 Å². The van der Waals surface area contributed by atoms with Crippen LogP contribution in [-0.4, -0.2) is 4.98 Å². The molecule has 0 saturated carbocycles. The van der Waals surface area contributed by atoms with Crippen LogP contribution < -0.4 is 0 Å². The lowest BCUT2D eigenvalue weighted by molar-refractivity contribution is 1.25. The molecule has 0 aliphatic carbocycles. The van der Waals surface area contributed by atoms with E-state index in [0.29, 0.717) is 9.60 Å². The summed E-state index contributed by atoms with van der Waals surface area (Å²) in [5.41, 5.74) is 0. The van der Waals surface area contributed by atoms with Crippen molar-refractivity contribution < 1.29 is 0 Å². The van der Waals surface area contributed by atoms with Crippen molar-refractivity contribution in [1.82, 2.24) is 4.98 Å². The first-order valence-electron chi connectivity index (χ1n) is 2.20. The van der Waals surface area contributed by atoms with Crippen molar-refractivity contribution in [2.45, 2.75) is 6.92 Å². The molecule has 0 N–H and O–H groups in total. The first-order chi connectivity index (χ1) is 4.24. The predicted octanol–water partition coefficient (Wildman–Crippen LogP) is 2.61. The normalized spacial score (nSPS) is 9.56. The summed E-state index contributed by atoms with van der Waals surface area (Å²) in [7, 11) is 0. The Bertz CT molecular complexity index is 234. The van der Waals surface area contributed by atoms with E-state index in [9.17, 15) is 4.91 Å². The van der Waals surface area contributed by atoms with E-state index >= 15 is 0 Å². The van der Waals surface area contributed by atoms with Gasteiger partial charge in [-0.15, -0.1) is 4.91 Å². The van der Waals surface area contributed by atoms with Gasteiger partial charge in [-0.25, -0.2) is 4.98 Å². The first kappa shape index (κ1) is 6.82. The molecule has 0 amide bonds. The monoisotopic (exact) mass is 206 g/mol. The van der Waals surface area contributed by atoms with Crippen molar-refractivity contribution in [3.8, 4) is 0 Å². The average molecular weight is 207 g/mol. The van der Waals surface area contributed by atoms with Crippen LogP contribution in [0.2, 0.25) is 0 Å². The summed E-state index contributed by atoms with van der Waals surface area (Å²) in [5.74, 6) is 0. The highest BCUT2D eigenvalue weighted by Gasteiger charge is 2.04. The standard InChI is InChI=1S/C4H3BrN2OS/c1-2-6-3(5)4(7-8)9-2/h1H3. The molecule has 1 heterocycles. The van der Waals surface area contributed by atoms with Crippen LogP contribution in [0, 0.1) is 11.8 Å². The third-order valence-electron chi connectivity index (χ3n) is 0.759. The predicted molar refractivity (Wildman–Crippen MR) is 40.0 cm³/mol. The van der Waals surface area contributed by atoms with E-state index in [0.717, 1.165) is 5.01 Å². The number of nitrogens with zero attached hydrogens (tertiary/aromatic N) is 2. The van der Waals surface area contributed by atoms with Gasteiger partial charge in [-0.1, -0.05) is 11.3 Å². The summed E-state index contributed by atoms with van der Waals surface area (Å²) in [6, 6.07) is 0. The van der Waals surface area contributed by atoms with Gasteiger partial charge in [-0.2, -0.15) is 0 Å². The summed E-state index contributed by atoms with van der Waals surface area (Å²) in [5, 5.41) is 4.00.